The van der Waals surface area contributed by atoms with Gasteiger partial charge in [-0.3, -0.25) is 9.59 Å². The molecular formula is C27H27N3O4. The van der Waals surface area contributed by atoms with Crippen LogP contribution in [0.4, 0.5) is 5.69 Å². The van der Waals surface area contributed by atoms with Crippen LogP contribution < -0.4 is 10.2 Å². The van der Waals surface area contributed by atoms with Crippen molar-refractivity contribution in [2.75, 3.05) is 37.7 Å². The first kappa shape index (κ1) is 23.0. The van der Waals surface area contributed by atoms with Crippen molar-refractivity contribution in [2.24, 2.45) is 0 Å². The van der Waals surface area contributed by atoms with Crippen LogP contribution >= 0.6 is 0 Å². The topological polar surface area (TPSA) is 78.9 Å². The molecule has 1 N–H and O–H groups in total. The summed E-state index contributed by atoms with van der Waals surface area (Å²) in [4.78, 5) is 42.2. The number of hydrogen-bond acceptors (Lipinski definition) is 5. The van der Waals surface area contributed by atoms with Crippen LogP contribution in [0.1, 0.15) is 22.0 Å². The SMILES string of the molecule is O=C(NC(C(=O)OCC(=O)N1CCN(c2ccccc2)CC1)c1ccccc1)c1ccccc1. The summed E-state index contributed by atoms with van der Waals surface area (Å²) in [6.07, 6.45) is 0. The lowest BCUT2D eigenvalue weighted by Crippen LogP contribution is -2.50. The number of ether oxygens (including phenoxy) is 1. The maximum Gasteiger partial charge on any atom is 0.333 e. The molecule has 1 aliphatic rings. The van der Waals surface area contributed by atoms with Crippen molar-refractivity contribution in [3.8, 4) is 0 Å². The summed E-state index contributed by atoms with van der Waals surface area (Å²) >= 11 is 0. The maximum atomic E-state index is 12.9. The van der Waals surface area contributed by atoms with Gasteiger partial charge in [-0.25, -0.2) is 4.79 Å². The molecule has 34 heavy (non-hydrogen) atoms. The number of anilines is 1. The number of esters is 1. The first-order valence-corrected chi connectivity index (χ1v) is 11.3. The van der Waals surface area contributed by atoms with Crippen LogP contribution in [-0.4, -0.2) is 55.5 Å². The summed E-state index contributed by atoms with van der Waals surface area (Å²) in [6, 6.07) is 26.5. The summed E-state index contributed by atoms with van der Waals surface area (Å²) < 4.78 is 5.36. The van der Waals surface area contributed by atoms with Crippen molar-refractivity contribution in [3.63, 3.8) is 0 Å². The molecule has 1 unspecified atom stereocenters. The second-order valence-electron chi connectivity index (χ2n) is 7.99. The summed E-state index contributed by atoms with van der Waals surface area (Å²) in [5.74, 6) is -1.32. The number of carbonyl (C=O) groups excluding carboxylic acids is 3. The van der Waals surface area contributed by atoms with Gasteiger partial charge in [-0.05, 0) is 29.8 Å². The molecule has 0 spiro atoms. The molecule has 0 radical (unpaired) electrons. The Morgan fingerprint density at radius 1 is 0.765 bits per heavy atom. The van der Waals surface area contributed by atoms with E-state index < -0.39 is 17.9 Å². The lowest BCUT2D eigenvalue weighted by Gasteiger charge is -2.36. The number of benzene rings is 3. The number of para-hydroxylation sites is 1. The highest BCUT2D eigenvalue weighted by molar-refractivity contribution is 5.97. The summed E-state index contributed by atoms with van der Waals surface area (Å²) in [5, 5.41) is 2.73. The van der Waals surface area contributed by atoms with Crippen LogP contribution in [0, 0.1) is 0 Å². The highest BCUT2D eigenvalue weighted by atomic mass is 16.5. The normalized spacial score (nSPS) is 14.2. The molecule has 1 saturated heterocycles. The Labute approximate surface area is 198 Å². The van der Waals surface area contributed by atoms with Gasteiger partial charge < -0.3 is 19.9 Å². The molecule has 3 aromatic carbocycles. The van der Waals surface area contributed by atoms with Gasteiger partial charge in [-0.15, -0.1) is 0 Å². The molecular weight excluding hydrogens is 430 g/mol. The molecule has 0 aromatic heterocycles. The van der Waals surface area contributed by atoms with E-state index in [4.69, 9.17) is 4.74 Å². The largest absolute Gasteiger partial charge is 0.454 e. The molecule has 0 saturated carbocycles. The predicted octanol–water partition coefficient (Wildman–Crippen LogP) is 3.05. The van der Waals surface area contributed by atoms with E-state index in [-0.39, 0.29) is 12.5 Å². The number of piperazine rings is 1. The zero-order valence-electron chi connectivity index (χ0n) is 18.8. The average Bonchev–Trinajstić information content (AvgIpc) is 2.91. The van der Waals surface area contributed by atoms with E-state index in [2.05, 4.69) is 10.2 Å². The van der Waals surface area contributed by atoms with Crippen molar-refractivity contribution in [1.29, 1.82) is 0 Å². The van der Waals surface area contributed by atoms with Crippen molar-refractivity contribution in [3.05, 3.63) is 102 Å². The average molecular weight is 458 g/mol. The van der Waals surface area contributed by atoms with Crippen LogP contribution in [0.15, 0.2) is 91.0 Å². The Morgan fingerprint density at radius 3 is 1.94 bits per heavy atom. The maximum absolute atomic E-state index is 12.9. The zero-order valence-corrected chi connectivity index (χ0v) is 18.8. The smallest absolute Gasteiger partial charge is 0.333 e. The van der Waals surface area contributed by atoms with Gasteiger partial charge in [-0.1, -0.05) is 66.7 Å². The Balaban J connectivity index is 1.34. The third kappa shape index (κ3) is 5.81. The lowest BCUT2D eigenvalue weighted by atomic mass is 10.1. The molecule has 0 aliphatic carbocycles. The second kappa shape index (κ2) is 11.1. The van der Waals surface area contributed by atoms with E-state index in [1.54, 1.807) is 53.4 Å². The molecule has 0 bridgehead atoms. The molecule has 4 rings (SSSR count). The Hall–Kier alpha value is -4.13. The highest BCUT2D eigenvalue weighted by Gasteiger charge is 2.27. The number of hydrogen-bond donors (Lipinski definition) is 1. The van der Waals surface area contributed by atoms with E-state index >= 15 is 0 Å². The second-order valence-corrected chi connectivity index (χ2v) is 7.99. The van der Waals surface area contributed by atoms with Crippen LogP contribution in [0.25, 0.3) is 0 Å². The minimum absolute atomic E-state index is 0.248. The first-order chi connectivity index (χ1) is 16.6. The number of amides is 2. The quantitative estimate of drug-likeness (QED) is 0.552. The molecule has 1 fully saturated rings. The van der Waals surface area contributed by atoms with E-state index in [0.29, 0.717) is 37.3 Å². The standard InChI is InChI=1S/C27H27N3O4/c31-24(30-18-16-29(17-19-30)23-14-8-3-9-15-23)20-34-27(33)25(21-10-4-1-5-11-21)28-26(32)22-12-6-2-7-13-22/h1-15,25H,16-20H2,(H,28,32). The minimum Gasteiger partial charge on any atom is -0.454 e. The number of nitrogens with one attached hydrogen (secondary N) is 1. The van der Waals surface area contributed by atoms with Gasteiger partial charge in [0.15, 0.2) is 12.6 Å². The Morgan fingerprint density at radius 2 is 1.32 bits per heavy atom. The molecule has 3 aromatic rings. The van der Waals surface area contributed by atoms with E-state index in [1.165, 1.54) is 0 Å². The van der Waals surface area contributed by atoms with Gasteiger partial charge in [0.25, 0.3) is 11.8 Å². The van der Waals surface area contributed by atoms with Crippen LogP contribution in [-0.2, 0) is 14.3 Å². The molecule has 7 heteroatoms. The molecule has 1 atom stereocenters. The van der Waals surface area contributed by atoms with Gasteiger partial charge >= 0.3 is 5.97 Å². The van der Waals surface area contributed by atoms with Crippen LogP contribution in [0.2, 0.25) is 0 Å². The molecule has 1 heterocycles. The third-order valence-corrected chi connectivity index (χ3v) is 5.77. The first-order valence-electron chi connectivity index (χ1n) is 11.3. The predicted molar refractivity (Wildman–Crippen MR) is 129 cm³/mol. The zero-order chi connectivity index (χ0) is 23.8. The van der Waals surface area contributed by atoms with Crippen molar-refractivity contribution in [1.82, 2.24) is 10.2 Å². The van der Waals surface area contributed by atoms with E-state index in [9.17, 15) is 14.4 Å². The van der Waals surface area contributed by atoms with E-state index in [1.807, 2.05) is 42.5 Å². The van der Waals surface area contributed by atoms with Crippen LogP contribution in [0.5, 0.6) is 0 Å². The Kier molecular flexibility index (Phi) is 7.55. The number of rotatable bonds is 7. The van der Waals surface area contributed by atoms with Gasteiger partial charge in [0.05, 0.1) is 0 Å². The monoisotopic (exact) mass is 457 g/mol. The Bertz CT molecular complexity index is 1100. The lowest BCUT2D eigenvalue weighted by molar-refractivity contribution is -0.153. The summed E-state index contributed by atoms with van der Waals surface area (Å²) in [6.45, 7) is 2.16. The molecule has 1 aliphatic heterocycles. The fourth-order valence-electron chi connectivity index (χ4n) is 3.89. The molecule has 2 amide bonds. The van der Waals surface area contributed by atoms with Crippen molar-refractivity contribution in [2.45, 2.75) is 6.04 Å². The highest BCUT2D eigenvalue weighted by Crippen LogP contribution is 2.17. The molecule has 7 nitrogen and oxygen atoms in total. The number of nitrogens with zero attached hydrogens (tertiary/aromatic N) is 2. The summed E-state index contributed by atoms with van der Waals surface area (Å²) in [5.41, 5.74) is 2.14. The third-order valence-electron chi connectivity index (χ3n) is 5.77. The molecule has 174 valence electrons. The van der Waals surface area contributed by atoms with Gasteiger partial charge in [-0.2, -0.15) is 0 Å². The van der Waals surface area contributed by atoms with E-state index in [0.717, 1.165) is 5.69 Å². The van der Waals surface area contributed by atoms with Gasteiger partial charge in [0, 0.05) is 37.4 Å². The fourth-order valence-corrected chi connectivity index (χ4v) is 3.89. The minimum atomic E-state index is -1.02. The van der Waals surface area contributed by atoms with Crippen LogP contribution in [0.3, 0.4) is 0 Å². The summed E-state index contributed by atoms with van der Waals surface area (Å²) in [7, 11) is 0. The van der Waals surface area contributed by atoms with Gasteiger partial charge in [0.1, 0.15) is 0 Å². The number of carbonyl (C=O) groups is 3. The van der Waals surface area contributed by atoms with Crippen molar-refractivity contribution >= 4 is 23.5 Å². The van der Waals surface area contributed by atoms with Crippen molar-refractivity contribution < 1.29 is 19.1 Å². The fraction of sp³-hybridized carbons (Fsp3) is 0.222. The van der Waals surface area contributed by atoms with Gasteiger partial charge in [0.2, 0.25) is 0 Å².